The number of ether oxygens (including phenoxy) is 3. The maximum Gasteiger partial charge on any atom is 0.408 e. The van der Waals surface area contributed by atoms with Crippen molar-refractivity contribution >= 4 is 24.7 Å². The van der Waals surface area contributed by atoms with Crippen LogP contribution in [-0.4, -0.2) is 108 Å². The molecule has 6 rings (SSSR count). The fourth-order valence-corrected chi connectivity index (χ4v) is 7.83. The third kappa shape index (κ3) is 5.61. The Labute approximate surface area is 250 Å². The smallest absolute Gasteiger partial charge is 0.394 e. The van der Waals surface area contributed by atoms with Gasteiger partial charge in [-0.3, -0.25) is 28.0 Å². The van der Waals surface area contributed by atoms with Crippen molar-refractivity contribution < 1.29 is 38.0 Å². The number of nitrogens with two attached hydrogens (primary N) is 1. The number of nitrogens with one attached hydrogen (secondary N) is 1. The predicted molar refractivity (Wildman–Crippen MR) is 151 cm³/mol. The van der Waals surface area contributed by atoms with Gasteiger partial charge >= 0.3 is 13.4 Å². The fraction of sp³-hybridized carbons (Fsp3) is 0.640. The summed E-state index contributed by atoms with van der Waals surface area (Å²) in [6.07, 6.45) is -0.932. The molecule has 44 heavy (non-hydrogen) atoms. The van der Waals surface area contributed by atoms with Crippen LogP contribution >= 0.6 is 7.75 Å². The number of aliphatic hydroxyl groups excluding tert-OH is 2. The van der Waals surface area contributed by atoms with E-state index in [1.165, 1.54) is 30.5 Å². The number of imidazole rings is 1. The molecule has 3 aromatic rings. The van der Waals surface area contributed by atoms with Gasteiger partial charge in [-0.25, -0.2) is 29.0 Å². The van der Waals surface area contributed by atoms with Crippen LogP contribution in [0.4, 0.5) is 5.82 Å². The number of aryl methyl sites for hydroxylation is 1. The van der Waals surface area contributed by atoms with Crippen molar-refractivity contribution in [2.24, 2.45) is 0 Å². The van der Waals surface area contributed by atoms with Crippen molar-refractivity contribution in [3.05, 3.63) is 45.3 Å². The highest BCUT2D eigenvalue weighted by Crippen LogP contribution is 2.57. The van der Waals surface area contributed by atoms with E-state index in [0.717, 1.165) is 12.8 Å². The fourth-order valence-electron chi connectivity index (χ4n) is 5.80. The zero-order chi connectivity index (χ0) is 31.2. The summed E-state index contributed by atoms with van der Waals surface area (Å²) in [6, 6.07) is 0. The number of aromatic nitrogens is 6. The minimum Gasteiger partial charge on any atom is -0.394 e. The van der Waals surface area contributed by atoms with Crippen LogP contribution in [0.15, 0.2) is 28.4 Å². The average molecular weight is 639 g/mol. The summed E-state index contributed by atoms with van der Waals surface area (Å²) in [7, 11) is -2.61. The molecule has 0 aromatic carbocycles. The molecule has 8 atom stereocenters. The van der Waals surface area contributed by atoms with Gasteiger partial charge in [-0.15, -0.1) is 0 Å². The number of nitrogens with zero attached hydrogens (tertiary/aromatic N) is 6. The molecule has 0 aliphatic carbocycles. The number of anilines is 1. The normalized spacial score (nSPS) is 30.8. The van der Waals surface area contributed by atoms with E-state index in [2.05, 4.69) is 19.9 Å². The lowest BCUT2D eigenvalue weighted by molar-refractivity contribution is -0.0614. The van der Waals surface area contributed by atoms with Crippen molar-refractivity contribution in [1.29, 1.82) is 0 Å². The zero-order valence-corrected chi connectivity index (χ0v) is 25.0. The van der Waals surface area contributed by atoms with Crippen LogP contribution < -0.4 is 17.0 Å². The van der Waals surface area contributed by atoms with Gasteiger partial charge in [0.15, 0.2) is 17.7 Å². The summed E-state index contributed by atoms with van der Waals surface area (Å²) in [5.41, 5.74) is 5.76. The Morgan fingerprint density at radius 3 is 2.66 bits per heavy atom. The standard InChI is InChI=1S/C25H35N8O10P/c1-13-8-32(25(37)30-23(13)36)17-7-14(15(9-34)41-17)43-44(38,31-5-3-4-6-31)40-10-16-19(35)20(39-2)24(42-16)33-12-29-18-21(26)27-11-28-22(18)33/h8,11-12,14-17,19-20,24,34-35H,3-7,9-10H2,1-2H3,(H2,26,27,28)(H,30,36,37)/t14?,15-,16-,17-,19?,20?,24-,44?/m1/s1. The molecule has 0 saturated carbocycles. The topological polar surface area (TPSA) is 231 Å². The Bertz CT molecular complexity index is 1660. The Balaban J connectivity index is 1.20. The molecule has 5 N–H and O–H groups in total. The first-order chi connectivity index (χ1) is 21.1. The molecule has 3 aliphatic rings. The number of aromatic amines is 1. The third-order valence-corrected chi connectivity index (χ3v) is 10.3. The molecule has 18 nitrogen and oxygen atoms in total. The van der Waals surface area contributed by atoms with Crippen molar-refractivity contribution in [1.82, 2.24) is 33.7 Å². The van der Waals surface area contributed by atoms with E-state index in [1.54, 1.807) is 16.2 Å². The number of nitrogen functional groups attached to an aromatic ring is 1. The van der Waals surface area contributed by atoms with Gasteiger partial charge in [0, 0.05) is 38.4 Å². The first-order valence-electron chi connectivity index (χ1n) is 14.2. The molecule has 4 unspecified atom stereocenters. The Kier molecular flexibility index (Phi) is 8.71. The van der Waals surface area contributed by atoms with Crippen LogP contribution in [0.25, 0.3) is 11.2 Å². The second-order valence-electron chi connectivity index (χ2n) is 10.9. The first kappa shape index (κ1) is 30.9. The van der Waals surface area contributed by atoms with Crippen molar-refractivity contribution in [2.75, 3.05) is 39.1 Å². The molecule has 0 amide bonds. The number of H-pyrrole nitrogens is 1. The zero-order valence-electron chi connectivity index (χ0n) is 24.1. The second-order valence-corrected chi connectivity index (χ2v) is 12.9. The monoisotopic (exact) mass is 638 g/mol. The lowest BCUT2D eigenvalue weighted by Crippen LogP contribution is -2.36. The van der Waals surface area contributed by atoms with Crippen LogP contribution in [0, 0.1) is 6.92 Å². The van der Waals surface area contributed by atoms with Crippen LogP contribution in [0.3, 0.4) is 0 Å². The van der Waals surface area contributed by atoms with Crippen LogP contribution in [0.5, 0.6) is 0 Å². The highest BCUT2D eigenvalue weighted by Gasteiger charge is 2.49. The van der Waals surface area contributed by atoms with Gasteiger partial charge in [0.25, 0.3) is 5.56 Å². The van der Waals surface area contributed by atoms with Gasteiger partial charge in [-0.1, -0.05) is 0 Å². The number of methoxy groups -OCH3 is 1. The number of aliphatic hydroxyl groups is 2. The molecule has 0 radical (unpaired) electrons. The van der Waals surface area contributed by atoms with Crippen molar-refractivity contribution in [3.8, 4) is 0 Å². The minimum absolute atomic E-state index is 0.0485. The van der Waals surface area contributed by atoms with Gasteiger partial charge < -0.3 is 30.2 Å². The minimum atomic E-state index is -4.04. The van der Waals surface area contributed by atoms with E-state index < -0.39 is 68.6 Å². The average Bonchev–Trinajstić information content (AvgIpc) is 3.80. The van der Waals surface area contributed by atoms with Gasteiger partial charge in [0.1, 0.15) is 48.6 Å². The van der Waals surface area contributed by atoms with Crippen LogP contribution in [-0.2, 0) is 27.8 Å². The van der Waals surface area contributed by atoms with E-state index in [9.17, 15) is 24.4 Å². The quantitative estimate of drug-likeness (QED) is 0.204. The molecular weight excluding hydrogens is 603 g/mol. The van der Waals surface area contributed by atoms with E-state index in [4.69, 9.17) is 29.0 Å². The lowest BCUT2D eigenvalue weighted by atomic mass is 10.1. The highest BCUT2D eigenvalue weighted by atomic mass is 31.2. The van der Waals surface area contributed by atoms with Gasteiger partial charge in [-0.2, -0.15) is 0 Å². The number of rotatable bonds is 10. The van der Waals surface area contributed by atoms with E-state index in [1.807, 2.05) is 0 Å². The molecule has 0 spiro atoms. The van der Waals surface area contributed by atoms with Crippen molar-refractivity contribution in [3.63, 3.8) is 0 Å². The van der Waals surface area contributed by atoms with Gasteiger partial charge in [0.2, 0.25) is 0 Å². The third-order valence-electron chi connectivity index (χ3n) is 8.16. The molecule has 6 heterocycles. The molecule has 3 saturated heterocycles. The molecule has 3 aromatic heterocycles. The number of hydrogen-bond donors (Lipinski definition) is 4. The Morgan fingerprint density at radius 2 is 1.93 bits per heavy atom. The predicted octanol–water partition coefficient (Wildman–Crippen LogP) is -0.574. The molecule has 19 heteroatoms. The molecule has 240 valence electrons. The van der Waals surface area contributed by atoms with Gasteiger partial charge in [0.05, 0.1) is 19.5 Å². The van der Waals surface area contributed by atoms with Crippen LogP contribution in [0.2, 0.25) is 0 Å². The molecule has 0 bridgehead atoms. The largest absolute Gasteiger partial charge is 0.408 e. The maximum atomic E-state index is 14.4. The Morgan fingerprint density at radius 1 is 1.16 bits per heavy atom. The summed E-state index contributed by atoms with van der Waals surface area (Å²) in [6.45, 7) is 1.63. The molecule has 3 fully saturated rings. The summed E-state index contributed by atoms with van der Waals surface area (Å²) >= 11 is 0. The van der Waals surface area contributed by atoms with Gasteiger partial charge in [-0.05, 0) is 19.8 Å². The first-order valence-corrected chi connectivity index (χ1v) is 15.7. The van der Waals surface area contributed by atoms with E-state index in [0.29, 0.717) is 29.8 Å². The van der Waals surface area contributed by atoms with Crippen molar-refractivity contribution in [2.45, 2.75) is 69.2 Å². The maximum absolute atomic E-state index is 14.4. The van der Waals surface area contributed by atoms with Crippen LogP contribution in [0.1, 0.15) is 37.3 Å². The Hall–Kier alpha value is -3.06. The summed E-state index contributed by atoms with van der Waals surface area (Å²) in [5.74, 6) is 0.185. The SMILES string of the molecule is COC1C(O)[C@@H](COP(=O)(OC2C[C@H](n3cc(C)c(=O)[nH]c3=O)O[C@@H]2CO)N2CCCC2)O[C@H]1n1cnc2c(N)ncnc21. The van der Waals surface area contributed by atoms with E-state index >= 15 is 0 Å². The number of hydrogen-bond acceptors (Lipinski definition) is 14. The summed E-state index contributed by atoms with van der Waals surface area (Å²) < 4.78 is 48.5. The second kappa shape index (κ2) is 12.4. The summed E-state index contributed by atoms with van der Waals surface area (Å²) in [5, 5.41) is 21.2. The lowest BCUT2D eigenvalue weighted by Gasteiger charge is -2.30. The summed E-state index contributed by atoms with van der Waals surface area (Å²) in [4.78, 5) is 39.0. The number of fused-ring (bicyclic) bond motifs is 1. The molecule has 3 aliphatic heterocycles. The highest BCUT2D eigenvalue weighted by molar-refractivity contribution is 7.51. The molecular formula is C25H35N8O10P. The van der Waals surface area contributed by atoms with E-state index in [-0.39, 0.29) is 18.8 Å².